The molecule has 2 aromatic rings. The third-order valence-corrected chi connectivity index (χ3v) is 25.7. The molecule has 2 aliphatic carbocycles. The van der Waals surface area contributed by atoms with Crippen LogP contribution in [0.15, 0.2) is 59.7 Å². The fourth-order valence-corrected chi connectivity index (χ4v) is 19.0. The van der Waals surface area contributed by atoms with Crippen molar-refractivity contribution in [1.82, 2.24) is 0 Å². The van der Waals surface area contributed by atoms with Crippen LogP contribution in [-0.4, -0.2) is 15.2 Å². The molecule has 0 aromatic heterocycles. The van der Waals surface area contributed by atoms with E-state index in [1.54, 1.807) is 22.3 Å². The minimum absolute atomic E-state index is 0.643. The Morgan fingerprint density at radius 3 is 1.38 bits per heavy atom. The van der Waals surface area contributed by atoms with Gasteiger partial charge in [0.25, 0.3) is 0 Å². The van der Waals surface area contributed by atoms with Crippen molar-refractivity contribution < 1.29 is 0 Å². The van der Waals surface area contributed by atoms with Gasteiger partial charge in [0, 0.05) is 7.59 Å². The van der Waals surface area contributed by atoms with Gasteiger partial charge in [0.1, 0.15) is 0 Å². The van der Waals surface area contributed by atoms with Crippen LogP contribution < -0.4 is 0 Å². The number of rotatable bonds is 3. The van der Waals surface area contributed by atoms with Crippen LogP contribution in [0.4, 0.5) is 0 Å². The van der Waals surface area contributed by atoms with Crippen LogP contribution >= 0.6 is 0 Å². The summed E-state index contributed by atoms with van der Waals surface area (Å²) in [5, 5.41) is 0. The van der Waals surface area contributed by atoms with Gasteiger partial charge in [-0.3, -0.25) is 0 Å². The van der Waals surface area contributed by atoms with E-state index in [-0.39, 0.29) is 0 Å². The maximum Gasteiger partial charge on any atom is 0.0692 e. The van der Waals surface area contributed by atoms with E-state index in [1.807, 2.05) is 0 Å². The van der Waals surface area contributed by atoms with E-state index < -0.39 is 15.2 Å². The molecule has 0 spiro atoms. The Kier molecular flexibility index (Phi) is 4.05. The molecule has 2 aromatic carbocycles. The van der Waals surface area contributed by atoms with Crippen molar-refractivity contribution >= 4 is 27.3 Å². The number of hydrogen-bond acceptors (Lipinski definition) is 0. The molecule has 0 saturated carbocycles. The molecule has 134 valence electrons. The van der Waals surface area contributed by atoms with Crippen LogP contribution in [0.5, 0.6) is 0 Å². The van der Waals surface area contributed by atoms with Crippen LogP contribution in [0.3, 0.4) is 0 Å². The minimum atomic E-state index is -1.71. The van der Waals surface area contributed by atoms with E-state index in [2.05, 4.69) is 101 Å². The van der Waals surface area contributed by atoms with E-state index >= 15 is 0 Å². The molecule has 2 atom stereocenters. The van der Waals surface area contributed by atoms with Crippen molar-refractivity contribution in [3.63, 3.8) is 0 Å². The second kappa shape index (κ2) is 5.93. The topological polar surface area (TPSA) is 0 Å². The summed E-state index contributed by atoms with van der Waals surface area (Å²) in [5.74, 6) is 0. The van der Waals surface area contributed by atoms with E-state index in [1.165, 1.54) is 11.1 Å². The first-order chi connectivity index (χ1) is 12.2. The van der Waals surface area contributed by atoms with Crippen LogP contribution in [0.1, 0.15) is 47.2 Å². The van der Waals surface area contributed by atoms with E-state index in [0.717, 1.165) is 0 Å². The third-order valence-electron chi connectivity index (χ3n) is 7.11. The molecule has 0 fully saturated rings. The lowest BCUT2D eigenvalue weighted by Gasteiger charge is -2.50. The van der Waals surface area contributed by atoms with Crippen LogP contribution in [0.2, 0.25) is 26.2 Å². The normalized spacial score (nSPS) is 23.8. The van der Waals surface area contributed by atoms with Crippen molar-refractivity contribution in [2.75, 3.05) is 0 Å². The van der Waals surface area contributed by atoms with Gasteiger partial charge in [-0.25, -0.2) is 0 Å². The highest BCUT2D eigenvalue weighted by molar-refractivity contribution is 7.42. The molecule has 0 amide bonds. The number of benzene rings is 2. The smallest absolute Gasteiger partial charge is 0.0692 e. The van der Waals surface area contributed by atoms with Gasteiger partial charge in [0.15, 0.2) is 0 Å². The van der Waals surface area contributed by atoms with Gasteiger partial charge < -0.3 is 0 Å². The molecule has 0 nitrogen and oxygen atoms in total. The molecule has 26 heavy (non-hydrogen) atoms. The predicted molar refractivity (Wildman–Crippen MR) is 121 cm³/mol. The molecule has 2 aliphatic rings. The highest BCUT2D eigenvalue weighted by atomic mass is 29.3. The standard InChI is InChI=1S/C24H30Si2/c1-17-15-19-11-7-9-13-21(19)23(17)26(6,25(3,4)5)24-18(2)16-20-12-8-10-14-22(20)24/h7-16,23-24H,1-6H3. The molecule has 0 bridgehead atoms. The zero-order valence-electron chi connectivity index (χ0n) is 16.9. The molecule has 0 N–H and O–H groups in total. The van der Waals surface area contributed by atoms with Crippen molar-refractivity contribution in [2.45, 2.75) is 51.1 Å². The molecule has 0 heterocycles. The van der Waals surface area contributed by atoms with Gasteiger partial charge in [0.2, 0.25) is 0 Å². The average molecular weight is 375 g/mol. The van der Waals surface area contributed by atoms with Gasteiger partial charge in [-0.2, -0.15) is 0 Å². The van der Waals surface area contributed by atoms with Gasteiger partial charge >= 0.3 is 0 Å². The summed E-state index contributed by atoms with van der Waals surface area (Å²) in [5.41, 5.74) is 10.6. The van der Waals surface area contributed by atoms with Crippen LogP contribution in [-0.2, 0) is 0 Å². The lowest BCUT2D eigenvalue weighted by Crippen LogP contribution is -2.63. The first-order valence-electron chi connectivity index (χ1n) is 9.79. The summed E-state index contributed by atoms with van der Waals surface area (Å²) in [6.45, 7) is 15.4. The summed E-state index contributed by atoms with van der Waals surface area (Å²) in [6.07, 6.45) is 4.93. The minimum Gasteiger partial charge on any atom is -0.0714 e. The maximum atomic E-state index is 2.73. The SMILES string of the molecule is CC1=Cc2ccccc2C1[Si](C)(C1C(C)=Cc2ccccc21)[Si](C)(C)C. The first kappa shape index (κ1) is 17.8. The molecule has 0 aliphatic heterocycles. The molecular formula is C24H30Si2. The molecule has 0 saturated heterocycles. The molecule has 2 unspecified atom stereocenters. The highest BCUT2D eigenvalue weighted by Gasteiger charge is 2.56. The maximum absolute atomic E-state index is 2.73. The summed E-state index contributed by atoms with van der Waals surface area (Å²) in [6, 6.07) is 18.3. The average Bonchev–Trinajstić information content (AvgIpc) is 3.08. The zero-order chi connectivity index (χ0) is 18.7. The van der Waals surface area contributed by atoms with Gasteiger partial charge in [0.05, 0.1) is 7.59 Å². The Morgan fingerprint density at radius 2 is 1.00 bits per heavy atom. The monoisotopic (exact) mass is 374 g/mol. The summed E-state index contributed by atoms with van der Waals surface area (Å²) < 4.78 is 0. The Bertz CT molecular complexity index is 860. The highest BCUT2D eigenvalue weighted by Crippen LogP contribution is 2.55. The molecular weight excluding hydrogens is 344 g/mol. The summed E-state index contributed by atoms with van der Waals surface area (Å²) in [7, 11) is -3.12. The van der Waals surface area contributed by atoms with Gasteiger partial charge in [-0.1, -0.05) is 98.0 Å². The van der Waals surface area contributed by atoms with E-state index in [4.69, 9.17) is 0 Å². The van der Waals surface area contributed by atoms with Gasteiger partial charge in [-0.15, -0.1) is 0 Å². The predicted octanol–water partition coefficient (Wildman–Crippen LogP) is 6.96. The Balaban J connectivity index is 1.95. The molecule has 2 heteroatoms. The van der Waals surface area contributed by atoms with Crippen LogP contribution in [0.25, 0.3) is 12.2 Å². The molecule has 0 radical (unpaired) electrons. The Labute approximate surface area is 160 Å². The van der Waals surface area contributed by atoms with Gasteiger partial charge in [-0.05, 0) is 47.2 Å². The van der Waals surface area contributed by atoms with Crippen molar-refractivity contribution in [2.24, 2.45) is 0 Å². The van der Waals surface area contributed by atoms with E-state index in [0.29, 0.717) is 11.1 Å². The van der Waals surface area contributed by atoms with Crippen molar-refractivity contribution in [1.29, 1.82) is 0 Å². The van der Waals surface area contributed by atoms with Crippen molar-refractivity contribution in [3.8, 4) is 0 Å². The quantitative estimate of drug-likeness (QED) is 0.509. The molecule has 4 rings (SSSR count). The Morgan fingerprint density at radius 1 is 0.615 bits per heavy atom. The fourth-order valence-electron chi connectivity index (χ4n) is 5.58. The largest absolute Gasteiger partial charge is 0.0714 e. The number of hydrogen-bond donors (Lipinski definition) is 0. The first-order valence-corrected chi connectivity index (χ1v) is 16.9. The zero-order valence-corrected chi connectivity index (χ0v) is 18.9. The Hall–Kier alpha value is -1.65. The summed E-state index contributed by atoms with van der Waals surface area (Å²) >= 11 is 0. The van der Waals surface area contributed by atoms with Crippen molar-refractivity contribution in [3.05, 3.63) is 81.9 Å². The number of fused-ring (bicyclic) bond motifs is 2. The summed E-state index contributed by atoms with van der Waals surface area (Å²) in [4.78, 5) is 0. The second-order valence-corrected chi connectivity index (χ2v) is 25.4. The third kappa shape index (κ3) is 2.39. The fraction of sp³-hybridized carbons (Fsp3) is 0.333. The lowest BCUT2D eigenvalue weighted by molar-refractivity contribution is 0.986. The van der Waals surface area contributed by atoms with E-state index in [9.17, 15) is 0 Å². The number of allylic oxidation sites excluding steroid dienone is 2. The second-order valence-electron chi connectivity index (χ2n) is 9.43. The van der Waals surface area contributed by atoms with Crippen LogP contribution in [0, 0.1) is 0 Å². The lowest BCUT2D eigenvalue weighted by atomic mass is 10.1.